The fourth-order valence-electron chi connectivity index (χ4n) is 2.13. The first kappa shape index (κ1) is 14.2. The first-order valence-electron chi connectivity index (χ1n) is 6.19. The second-order valence-electron chi connectivity index (χ2n) is 4.57. The van der Waals surface area contributed by atoms with Crippen LogP contribution in [-0.4, -0.2) is 41.5 Å². The Hall–Kier alpha value is -2.19. The van der Waals surface area contributed by atoms with Crippen molar-refractivity contribution in [2.75, 3.05) is 25.1 Å². The molecule has 0 bridgehead atoms. The number of nitrogens with one attached hydrogen (secondary N) is 1. The van der Waals surface area contributed by atoms with Gasteiger partial charge in [0, 0.05) is 24.7 Å². The Morgan fingerprint density at radius 3 is 2.95 bits per heavy atom. The van der Waals surface area contributed by atoms with Gasteiger partial charge in [0.15, 0.2) is 0 Å². The number of nitro groups is 1. The SMILES string of the molecule is CC1CN(C(=O)c2ccc([N+](=O)[O-])c(NN)c2)CCO1. The van der Waals surface area contributed by atoms with Crippen LogP contribution in [0.3, 0.4) is 0 Å². The molecule has 0 radical (unpaired) electrons. The van der Waals surface area contributed by atoms with Gasteiger partial charge in [0.05, 0.1) is 17.6 Å². The molecule has 1 amide bonds. The second kappa shape index (κ2) is 5.85. The summed E-state index contributed by atoms with van der Waals surface area (Å²) in [4.78, 5) is 24.2. The van der Waals surface area contributed by atoms with Crippen molar-refractivity contribution >= 4 is 17.3 Å². The topological polar surface area (TPSA) is 111 Å². The molecule has 8 heteroatoms. The smallest absolute Gasteiger partial charge is 0.293 e. The summed E-state index contributed by atoms with van der Waals surface area (Å²) < 4.78 is 5.37. The van der Waals surface area contributed by atoms with Crippen molar-refractivity contribution in [3.05, 3.63) is 33.9 Å². The van der Waals surface area contributed by atoms with Crippen LogP contribution in [0.1, 0.15) is 17.3 Å². The van der Waals surface area contributed by atoms with E-state index in [1.807, 2.05) is 6.92 Å². The number of nitrogens with zero attached hydrogens (tertiary/aromatic N) is 2. The van der Waals surface area contributed by atoms with E-state index in [9.17, 15) is 14.9 Å². The number of nitro benzene ring substituents is 1. The molecule has 1 aliphatic heterocycles. The van der Waals surface area contributed by atoms with Gasteiger partial charge >= 0.3 is 0 Å². The lowest BCUT2D eigenvalue weighted by Crippen LogP contribution is -2.44. The summed E-state index contributed by atoms with van der Waals surface area (Å²) in [5.41, 5.74) is 2.55. The lowest BCUT2D eigenvalue weighted by Gasteiger charge is -2.31. The maximum atomic E-state index is 12.3. The molecule has 0 aromatic heterocycles. The highest BCUT2D eigenvalue weighted by Gasteiger charge is 2.24. The molecule has 3 N–H and O–H groups in total. The van der Waals surface area contributed by atoms with Crippen LogP contribution in [0.15, 0.2) is 18.2 Å². The van der Waals surface area contributed by atoms with Crippen molar-refractivity contribution in [1.29, 1.82) is 0 Å². The molecule has 20 heavy (non-hydrogen) atoms. The van der Waals surface area contributed by atoms with E-state index in [0.29, 0.717) is 25.3 Å². The summed E-state index contributed by atoms with van der Waals surface area (Å²) in [6.07, 6.45) is -0.0159. The average Bonchev–Trinajstić information content (AvgIpc) is 2.45. The van der Waals surface area contributed by atoms with E-state index in [1.54, 1.807) is 4.90 Å². The Morgan fingerprint density at radius 2 is 2.35 bits per heavy atom. The number of ether oxygens (including phenoxy) is 1. The Bertz CT molecular complexity index is 534. The number of morpholine rings is 1. The minimum absolute atomic E-state index is 0.0159. The van der Waals surface area contributed by atoms with E-state index < -0.39 is 4.92 Å². The number of hydrazine groups is 1. The zero-order valence-electron chi connectivity index (χ0n) is 11.0. The van der Waals surface area contributed by atoms with Crippen LogP contribution >= 0.6 is 0 Å². The van der Waals surface area contributed by atoms with Crippen LogP contribution in [-0.2, 0) is 4.74 Å². The zero-order valence-corrected chi connectivity index (χ0v) is 11.0. The summed E-state index contributed by atoms with van der Waals surface area (Å²) in [6, 6.07) is 4.09. The maximum Gasteiger partial charge on any atom is 0.293 e. The van der Waals surface area contributed by atoms with Crippen LogP contribution in [0.25, 0.3) is 0 Å². The number of nitrogens with two attached hydrogens (primary N) is 1. The highest BCUT2D eigenvalue weighted by Crippen LogP contribution is 2.25. The van der Waals surface area contributed by atoms with Crippen LogP contribution in [0.5, 0.6) is 0 Å². The van der Waals surface area contributed by atoms with Gasteiger partial charge in [-0.3, -0.25) is 20.8 Å². The van der Waals surface area contributed by atoms with Crippen LogP contribution in [0.2, 0.25) is 0 Å². The molecule has 0 spiro atoms. The van der Waals surface area contributed by atoms with Crippen molar-refractivity contribution in [3.8, 4) is 0 Å². The van der Waals surface area contributed by atoms with Gasteiger partial charge < -0.3 is 15.1 Å². The summed E-state index contributed by atoms with van der Waals surface area (Å²) in [7, 11) is 0. The molecular weight excluding hydrogens is 264 g/mol. The van der Waals surface area contributed by atoms with Crippen molar-refractivity contribution in [1.82, 2.24) is 4.90 Å². The van der Waals surface area contributed by atoms with Gasteiger partial charge in [0.1, 0.15) is 5.69 Å². The summed E-state index contributed by atoms with van der Waals surface area (Å²) in [5.74, 6) is 5.07. The lowest BCUT2D eigenvalue weighted by molar-refractivity contribution is -0.384. The summed E-state index contributed by atoms with van der Waals surface area (Å²) >= 11 is 0. The standard InChI is InChI=1S/C12H16N4O4/c1-8-7-15(4-5-20-8)12(17)9-2-3-11(16(18)19)10(6-9)14-13/h2-3,6,8,14H,4-5,7,13H2,1H3. The Labute approximate surface area is 115 Å². The van der Waals surface area contributed by atoms with Gasteiger partial charge in [-0.05, 0) is 19.1 Å². The Kier molecular flexibility index (Phi) is 4.16. The molecule has 2 rings (SSSR count). The van der Waals surface area contributed by atoms with Crippen molar-refractivity contribution in [2.24, 2.45) is 5.84 Å². The lowest BCUT2D eigenvalue weighted by atomic mass is 10.1. The number of nitrogen functional groups attached to an aromatic ring is 1. The Morgan fingerprint density at radius 1 is 1.60 bits per heavy atom. The molecule has 1 heterocycles. The fraction of sp³-hybridized carbons (Fsp3) is 0.417. The van der Waals surface area contributed by atoms with Gasteiger partial charge in [0.2, 0.25) is 0 Å². The zero-order chi connectivity index (χ0) is 14.7. The van der Waals surface area contributed by atoms with E-state index in [2.05, 4.69) is 5.43 Å². The molecule has 0 saturated carbocycles. The van der Waals surface area contributed by atoms with Crippen LogP contribution in [0.4, 0.5) is 11.4 Å². The van der Waals surface area contributed by atoms with E-state index in [1.165, 1.54) is 18.2 Å². The third kappa shape index (κ3) is 2.86. The van der Waals surface area contributed by atoms with Crippen molar-refractivity contribution in [2.45, 2.75) is 13.0 Å². The highest BCUT2D eigenvalue weighted by molar-refractivity contribution is 5.96. The average molecular weight is 280 g/mol. The molecule has 1 unspecified atom stereocenters. The van der Waals surface area contributed by atoms with E-state index in [0.717, 1.165) is 0 Å². The third-order valence-electron chi connectivity index (χ3n) is 3.12. The predicted octanol–water partition coefficient (Wildman–Crippen LogP) is 0.741. The van der Waals surface area contributed by atoms with Crippen LogP contribution in [0, 0.1) is 10.1 Å². The number of amides is 1. The number of carbonyl (C=O) groups is 1. The normalized spacial score (nSPS) is 18.7. The fourth-order valence-corrected chi connectivity index (χ4v) is 2.13. The summed E-state index contributed by atoms with van der Waals surface area (Å²) in [6.45, 7) is 3.39. The molecule has 1 saturated heterocycles. The number of benzene rings is 1. The number of hydrogen-bond acceptors (Lipinski definition) is 6. The number of carbonyl (C=O) groups excluding carboxylic acids is 1. The molecule has 1 aromatic rings. The van der Waals surface area contributed by atoms with Crippen LogP contribution < -0.4 is 11.3 Å². The first-order chi connectivity index (χ1) is 9.52. The number of hydrogen-bond donors (Lipinski definition) is 2. The van der Waals surface area contributed by atoms with Gasteiger partial charge in [-0.25, -0.2) is 0 Å². The largest absolute Gasteiger partial charge is 0.375 e. The quantitative estimate of drug-likeness (QED) is 0.480. The molecule has 0 aliphatic carbocycles. The van der Waals surface area contributed by atoms with Gasteiger partial charge in [0.25, 0.3) is 11.6 Å². The maximum absolute atomic E-state index is 12.3. The molecule has 1 aliphatic rings. The Balaban J connectivity index is 2.24. The summed E-state index contributed by atoms with van der Waals surface area (Å²) in [5, 5.41) is 10.8. The molecule has 108 valence electrons. The van der Waals surface area contributed by atoms with Crippen molar-refractivity contribution < 1.29 is 14.5 Å². The number of anilines is 1. The molecular formula is C12H16N4O4. The molecule has 1 fully saturated rings. The van der Waals surface area contributed by atoms with Gasteiger partial charge in [-0.2, -0.15) is 0 Å². The highest BCUT2D eigenvalue weighted by atomic mass is 16.6. The third-order valence-corrected chi connectivity index (χ3v) is 3.12. The minimum atomic E-state index is -0.555. The van der Waals surface area contributed by atoms with E-state index in [4.69, 9.17) is 10.6 Å². The van der Waals surface area contributed by atoms with Crippen molar-refractivity contribution in [3.63, 3.8) is 0 Å². The monoisotopic (exact) mass is 280 g/mol. The minimum Gasteiger partial charge on any atom is -0.375 e. The number of rotatable bonds is 3. The molecule has 1 atom stereocenters. The second-order valence-corrected chi connectivity index (χ2v) is 4.57. The van der Waals surface area contributed by atoms with E-state index in [-0.39, 0.29) is 23.4 Å². The predicted molar refractivity (Wildman–Crippen MR) is 72.2 cm³/mol. The molecule has 8 nitrogen and oxygen atoms in total. The van der Waals surface area contributed by atoms with Gasteiger partial charge in [-0.1, -0.05) is 0 Å². The van der Waals surface area contributed by atoms with E-state index >= 15 is 0 Å². The first-order valence-corrected chi connectivity index (χ1v) is 6.19. The molecule has 1 aromatic carbocycles. The van der Waals surface area contributed by atoms with Gasteiger partial charge in [-0.15, -0.1) is 0 Å².